The summed E-state index contributed by atoms with van der Waals surface area (Å²) in [5.74, 6) is -0.155. The van der Waals surface area contributed by atoms with Crippen molar-refractivity contribution in [3.63, 3.8) is 0 Å². The van der Waals surface area contributed by atoms with Crippen molar-refractivity contribution < 1.29 is 19.4 Å². The minimum atomic E-state index is -0.439. The molecule has 0 atom stereocenters. The van der Waals surface area contributed by atoms with Gasteiger partial charge in [-0.25, -0.2) is 0 Å². The van der Waals surface area contributed by atoms with Crippen LogP contribution in [0.4, 0.5) is 0 Å². The molecule has 0 aromatic heterocycles. The lowest BCUT2D eigenvalue weighted by Crippen LogP contribution is -2.35. The molecule has 7 heteroatoms. The molecule has 0 heterocycles. The summed E-state index contributed by atoms with van der Waals surface area (Å²) < 4.78 is 5.61. The number of benzene rings is 2. The van der Waals surface area contributed by atoms with E-state index in [9.17, 15) is 9.59 Å². The molecule has 0 radical (unpaired) electrons. The minimum Gasteiger partial charge on any atom is -0.494 e. The zero-order valence-corrected chi connectivity index (χ0v) is 17.7. The highest BCUT2D eigenvalue weighted by Gasteiger charge is 2.14. The van der Waals surface area contributed by atoms with Crippen molar-refractivity contribution in [1.29, 1.82) is 0 Å². The van der Waals surface area contributed by atoms with E-state index in [1.165, 1.54) is 0 Å². The third-order valence-electron chi connectivity index (χ3n) is 4.18. The normalized spacial score (nSPS) is 11.1. The number of aliphatic hydroxyl groups is 1. The van der Waals surface area contributed by atoms with Gasteiger partial charge in [0.2, 0.25) is 0 Å². The second-order valence-corrected chi connectivity index (χ2v) is 7.06. The third-order valence-corrected chi connectivity index (χ3v) is 4.43. The lowest BCUT2D eigenvalue weighted by molar-refractivity contribution is -0.117. The van der Waals surface area contributed by atoms with Gasteiger partial charge < -0.3 is 20.5 Å². The highest BCUT2D eigenvalue weighted by atomic mass is 35.5. The Morgan fingerprint density at radius 1 is 1.07 bits per heavy atom. The number of nitrogens with one attached hydrogen (secondary N) is 2. The number of rotatable bonds is 11. The summed E-state index contributed by atoms with van der Waals surface area (Å²) in [6.07, 6.45) is 4.01. The molecular weight excluding hydrogens is 404 g/mol. The van der Waals surface area contributed by atoms with Crippen LogP contribution in [0.25, 0.3) is 6.08 Å². The average molecular weight is 431 g/mol. The van der Waals surface area contributed by atoms with E-state index in [0.29, 0.717) is 41.5 Å². The van der Waals surface area contributed by atoms with E-state index >= 15 is 0 Å². The van der Waals surface area contributed by atoms with Crippen LogP contribution in [0.3, 0.4) is 0 Å². The van der Waals surface area contributed by atoms with Crippen molar-refractivity contribution in [3.05, 3.63) is 70.4 Å². The molecule has 2 aromatic carbocycles. The Hall–Kier alpha value is -2.83. The van der Waals surface area contributed by atoms with Crippen molar-refractivity contribution in [2.24, 2.45) is 0 Å². The third kappa shape index (κ3) is 7.89. The van der Waals surface area contributed by atoms with Crippen LogP contribution in [0, 0.1) is 0 Å². The second-order valence-electron chi connectivity index (χ2n) is 6.62. The molecule has 0 saturated carbocycles. The van der Waals surface area contributed by atoms with E-state index in [-0.39, 0.29) is 12.3 Å². The molecule has 0 aliphatic rings. The van der Waals surface area contributed by atoms with Crippen LogP contribution in [-0.2, 0) is 4.79 Å². The molecule has 30 heavy (non-hydrogen) atoms. The first kappa shape index (κ1) is 23.4. The molecule has 0 saturated heterocycles. The van der Waals surface area contributed by atoms with Gasteiger partial charge in [0.25, 0.3) is 11.8 Å². The maximum atomic E-state index is 12.7. The van der Waals surface area contributed by atoms with Gasteiger partial charge in [0.15, 0.2) is 0 Å². The summed E-state index contributed by atoms with van der Waals surface area (Å²) in [5, 5.41) is 14.8. The molecular formula is C23H27ClN2O4. The molecule has 3 N–H and O–H groups in total. The first-order valence-corrected chi connectivity index (χ1v) is 10.3. The summed E-state index contributed by atoms with van der Waals surface area (Å²) >= 11 is 5.91. The summed E-state index contributed by atoms with van der Waals surface area (Å²) in [7, 11) is 0. The van der Waals surface area contributed by atoms with Crippen molar-refractivity contribution in [2.45, 2.75) is 26.2 Å². The van der Waals surface area contributed by atoms with Gasteiger partial charge in [0, 0.05) is 23.7 Å². The SMILES string of the molecule is CCCCOc1ccc(C(=O)NC(=Cc2ccc(Cl)cc2)C(=O)NCCCO)cc1. The minimum absolute atomic E-state index is 0.0322. The van der Waals surface area contributed by atoms with E-state index in [0.717, 1.165) is 12.8 Å². The number of carbonyl (C=O) groups is 2. The molecule has 2 aromatic rings. The van der Waals surface area contributed by atoms with Crippen molar-refractivity contribution in [2.75, 3.05) is 19.8 Å². The van der Waals surface area contributed by atoms with Crippen molar-refractivity contribution in [3.8, 4) is 5.75 Å². The summed E-state index contributed by atoms with van der Waals surface area (Å²) in [4.78, 5) is 25.2. The number of aliphatic hydroxyl groups excluding tert-OH is 1. The smallest absolute Gasteiger partial charge is 0.267 e. The number of halogens is 1. The summed E-state index contributed by atoms with van der Waals surface area (Å²) in [6, 6.07) is 13.7. The highest BCUT2D eigenvalue weighted by molar-refractivity contribution is 6.30. The summed E-state index contributed by atoms with van der Waals surface area (Å²) in [5.41, 5.74) is 1.22. The number of hydrogen-bond donors (Lipinski definition) is 3. The largest absolute Gasteiger partial charge is 0.494 e. The standard InChI is InChI=1S/C23H27ClN2O4/c1-2-3-15-30-20-11-7-18(8-12-20)22(28)26-21(23(29)25-13-4-14-27)16-17-5-9-19(24)10-6-17/h5-12,16,27H,2-4,13-15H2,1H3,(H,25,29)(H,26,28). The lowest BCUT2D eigenvalue weighted by Gasteiger charge is -2.12. The number of unbranched alkanes of at least 4 members (excludes halogenated alkanes) is 1. The molecule has 2 rings (SSSR count). The number of hydrogen-bond acceptors (Lipinski definition) is 4. The molecule has 2 amide bonds. The van der Waals surface area contributed by atoms with Crippen LogP contribution >= 0.6 is 11.6 Å². The van der Waals surface area contributed by atoms with Crippen LogP contribution in [0.1, 0.15) is 42.1 Å². The predicted octanol–water partition coefficient (Wildman–Crippen LogP) is 3.79. The number of amides is 2. The topological polar surface area (TPSA) is 87.7 Å². The van der Waals surface area contributed by atoms with Crippen molar-refractivity contribution in [1.82, 2.24) is 10.6 Å². The average Bonchev–Trinajstić information content (AvgIpc) is 2.75. The van der Waals surface area contributed by atoms with Gasteiger partial charge in [-0.3, -0.25) is 9.59 Å². The highest BCUT2D eigenvalue weighted by Crippen LogP contribution is 2.15. The van der Waals surface area contributed by atoms with E-state index in [1.54, 1.807) is 54.6 Å². The maximum Gasteiger partial charge on any atom is 0.267 e. The Labute approximate surface area is 181 Å². The van der Waals surface area contributed by atoms with Gasteiger partial charge in [-0.05, 0) is 60.9 Å². The first-order chi connectivity index (χ1) is 14.5. The Bertz CT molecular complexity index is 849. The Balaban J connectivity index is 2.12. The Morgan fingerprint density at radius 3 is 2.40 bits per heavy atom. The van der Waals surface area contributed by atoms with Crippen LogP contribution in [0.2, 0.25) is 5.02 Å². The molecule has 0 aliphatic heterocycles. The quantitative estimate of drug-likeness (QED) is 0.374. The molecule has 6 nitrogen and oxygen atoms in total. The fraction of sp³-hybridized carbons (Fsp3) is 0.304. The van der Waals surface area contributed by atoms with E-state index in [4.69, 9.17) is 21.4 Å². The van der Waals surface area contributed by atoms with Crippen molar-refractivity contribution >= 4 is 29.5 Å². The van der Waals surface area contributed by atoms with Gasteiger partial charge in [0.05, 0.1) is 6.61 Å². The van der Waals surface area contributed by atoms with Gasteiger partial charge in [-0.1, -0.05) is 37.1 Å². The van der Waals surface area contributed by atoms with Crippen LogP contribution in [-0.4, -0.2) is 36.7 Å². The molecule has 0 bridgehead atoms. The van der Waals surface area contributed by atoms with Crippen LogP contribution < -0.4 is 15.4 Å². The van der Waals surface area contributed by atoms with Gasteiger partial charge >= 0.3 is 0 Å². The fourth-order valence-electron chi connectivity index (χ4n) is 2.49. The van der Waals surface area contributed by atoms with Gasteiger partial charge in [-0.2, -0.15) is 0 Å². The summed E-state index contributed by atoms with van der Waals surface area (Å²) in [6.45, 7) is 2.98. The molecule has 0 fully saturated rings. The van der Waals surface area contributed by atoms with E-state index in [2.05, 4.69) is 17.6 Å². The maximum absolute atomic E-state index is 12.7. The zero-order chi connectivity index (χ0) is 21.8. The Morgan fingerprint density at radius 2 is 1.77 bits per heavy atom. The molecule has 0 unspecified atom stereocenters. The molecule has 0 aliphatic carbocycles. The lowest BCUT2D eigenvalue weighted by atomic mass is 10.1. The zero-order valence-electron chi connectivity index (χ0n) is 17.0. The first-order valence-electron chi connectivity index (χ1n) is 9.94. The fourth-order valence-corrected chi connectivity index (χ4v) is 2.62. The monoisotopic (exact) mass is 430 g/mol. The van der Waals surface area contributed by atoms with Crippen LogP contribution in [0.15, 0.2) is 54.2 Å². The molecule has 160 valence electrons. The van der Waals surface area contributed by atoms with Crippen LogP contribution in [0.5, 0.6) is 5.75 Å². The van der Waals surface area contributed by atoms with E-state index < -0.39 is 11.8 Å². The molecule has 0 spiro atoms. The van der Waals surface area contributed by atoms with Gasteiger partial charge in [-0.15, -0.1) is 0 Å². The predicted molar refractivity (Wildman–Crippen MR) is 118 cm³/mol. The number of carbonyl (C=O) groups excluding carboxylic acids is 2. The Kier molecular flexibility index (Phi) is 9.91. The van der Waals surface area contributed by atoms with E-state index in [1.807, 2.05) is 0 Å². The number of ether oxygens (including phenoxy) is 1. The second kappa shape index (κ2) is 12.7. The van der Waals surface area contributed by atoms with Gasteiger partial charge in [0.1, 0.15) is 11.4 Å².